The molecule has 7 heteroatoms. The Morgan fingerprint density at radius 2 is 2.14 bits per heavy atom. The van der Waals surface area contributed by atoms with Gasteiger partial charge in [0.2, 0.25) is 5.43 Å². The van der Waals surface area contributed by atoms with Crippen LogP contribution in [0, 0.1) is 5.82 Å². The number of fused-ring (bicyclic) bond motifs is 1. The van der Waals surface area contributed by atoms with Crippen LogP contribution in [0.25, 0.3) is 10.9 Å². The molecule has 1 aromatic heterocycles. The van der Waals surface area contributed by atoms with Crippen LogP contribution in [0.5, 0.6) is 0 Å². The normalized spacial score (nSPS) is 10.4. The maximum Gasteiger partial charge on any atom is 0.307 e. The molecule has 1 aromatic carbocycles. The molecule has 110 valence electrons. The molecule has 0 aliphatic heterocycles. The summed E-state index contributed by atoms with van der Waals surface area (Å²) in [6, 6.07) is 4.04. The van der Waals surface area contributed by atoms with Gasteiger partial charge in [0.15, 0.2) is 0 Å². The van der Waals surface area contributed by atoms with E-state index in [4.69, 9.17) is 0 Å². The molecule has 2 N–H and O–H groups in total. The minimum atomic E-state index is -0.633. The molecule has 2 aromatic rings. The Labute approximate surface area is 118 Å². The van der Waals surface area contributed by atoms with Crippen molar-refractivity contribution in [3.63, 3.8) is 0 Å². The summed E-state index contributed by atoms with van der Waals surface area (Å²) in [5, 5.41) is 2.52. The van der Waals surface area contributed by atoms with Crippen molar-refractivity contribution in [3.8, 4) is 0 Å². The van der Waals surface area contributed by atoms with Gasteiger partial charge in [-0.05, 0) is 12.1 Å². The minimum Gasteiger partial charge on any atom is -0.469 e. The van der Waals surface area contributed by atoms with Crippen molar-refractivity contribution >= 4 is 22.8 Å². The predicted molar refractivity (Wildman–Crippen MR) is 73.5 cm³/mol. The van der Waals surface area contributed by atoms with Crippen molar-refractivity contribution in [1.82, 2.24) is 10.3 Å². The highest BCUT2D eigenvalue weighted by molar-refractivity contribution is 5.97. The van der Waals surface area contributed by atoms with Crippen molar-refractivity contribution in [2.24, 2.45) is 0 Å². The van der Waals surface area contributed by atoms with E-state index in [0.717, 1.165) is 6.20 Å². The smallest absolute Gasteiger partial charge is 0.307 e. The molecule has 0 fully saturated rings. The zero-order valence-electron chi connectivity index (χ0n) is 11.2. The molecule has 0 bridgehead atoms. The molecule has 0 spiro atoms. The van der Waals surface area contributed by atoms with Crippen molar-refractivity contribution in [3.05, 3.63) is 46.0 Å². The van der Waals surface area contributed by atoms with Gasteiger partial charge in [0, 0.05) is 18.1 Å². The topological polar surface area (TPSA) is 88.3 Å². The number of nitrogens with one attached hydrogen (secondary N) is 2. The van der Waals surface area contributed by atoms with Gasteiger partial charge in [0.25, 0.3) is 5.91 Å². The lowest BCUT2D eigenvalue weighted by molar-refractivity contribution is -0.140. The molecular weight excluding hydrogens is 279 g/mol. The number of pyridine rings is 1. The maximum absolute atomic E-state index is 13.5. The van der Waals surface area contributed by atoms with Gasteiger partial charge in [-0.1, -0.05) is 6.07 Å². The van der Waals surface area contributed by atoms with Crippen molar-refractivity contribution in [2.75, 3.05) is 13.7 Å². The molecule has 0 saturated carbocycles. The van der Waals surface area contributed by atoms with Gasteiger partial charge in [-0.2, -0.15) is 0 Å². The number of aromatic nitrogens is 1. The monoisotopic (exact) mass is 292 g/mol. The molecule has 0 saturated heterocycles. The van der Waals surface area contributed by atoms with Gasteiger partial charge >= 0.3 is 5.97 Å². The summed E-state index contributed by atoms with van der Waals surface area (Å²) >= 11 is 0. The minimum absolute atomic E-state index is 0.00234. The maximum atomic E-state index is 13.5. The third-order valence-corrected chi connectivity index (χ3v) is 2.95. The highest BCUT2D eigenvalue weighted by Crippen LogP contribution is 2.11. The number of ether oxygens (including phenoxy) is 1. The largest absolute Gasteiger partial charge is 0.469 e. The van der Waals surface area contributed by atoms with Crippen molar-refractivity contribution in [2.45, 2.75) is 6.42 Å². The van der Waals surface area contributed by atoms with Gasteiger partial charge in [0.1, 0.15) is 11.4 Å². The SMILES string of the molecule is COC(=O)CCNC(=O)c1c[nH]c2c(F)cccc2c1=O. The van der Waals surface area contributed by atoms with Gasteiger partial charge in [-0.3, -0.25) is 14.4 Å². The number of benzene rings is 1. The summed E-state index contributed by atoms with van der Waals surface area (Å²) in [6.45, 7) is 0.0478. The van der Waals surface area contributed by atoms with Crippen LogP contribution in [0.3, 0.4) is 0 Å². The second-order valence-corrected chi connectivity index (χ2v) is 4.28. The Morgan fingerprint density at radius 3 is 2.86 bits per heavy atom. The van der Waals surface area contributed by atoms with Gasteiger partial charge in [0.05, 0.1) is 19.0 Å². The number of hydrogen-bond donors (Lipinski definition) is 2. The number of para-hydroxylation sites is 1. The van der Waals surface area contributed by atoms with Crippen LogP contribution in [-0.4, -0.2) is 30.5 Å². The molecule has 0 radical (unpaired) electrons. The second-order valence-electron chi connectivity index (χ2n) is 4.28. The first-order chi connectivity index (χ1) is 10.0. The lowest BCUT2D eigenvalue weighted by atomic mass is 10.1. The molecule has 0 aliphatic rings. The van der Waals surface area contributed by atoms with Crippen LogP contribution < -0.4 is 10.7 Å². The van der Waals surface area contributed by atoms with Crippen LogP contribution in [-0.2, 0) is 9.53 Å². The molecule has 0 atom stereocenters. The summed E-state index contributed by atoms with van der Waals surface area (Å²) in [5.41, 5.74) is -0.662. The predicted octanol–water partition coefficient (Wildman–Crippen LogP) is 0.960. The number of esters is 1. The first-order valence-electron chi connectivity index (χ1n) is 6.19. The lowest BCUT2D eigenvalue weighted by Gasteiger charge is -2.05. The van der Waals surface area contributed by atoms with E-state index in [9.17, 15) is 18.8 Å². The molecule has 6 nitrogen and oxygen atoms in total. The number of aromatic amines is 1. The highest BCUT2D eigenvalue weighted by atomic mass is 19.1. The van der Waals surface area contributed by atoms with Crippen molar-refractivity contribution in [1.29, 1.82) is 0 Å². The average molecular weight is 292 g/mol. The van der Waals surface area contributed by atoms with E-state index in [1.54, 1.807) is 0 Å². The first-order valence-corrected chi connectivity index (χ1v) is 6.19. The van der Waals surface area contributed by atoms with Crippen LogP contribution in [0.1, 0.15) is 16.8 Å². The fraction of sp³-hybridized carbons (Fsp3) is 0.214. The lowest BCUT2D eigenvalue weighted by Crippen LogP contribution is -2.30. The molecule has 2 rings (SSSR count). The summed E-state index contributed by atoms with van der Waals surface area (Å²) < 4.78 is 17.9. The number of amides is 1. The summed E-state index contributed by atoms with van der Waals surface area (Å²) in [7, 11) is 1.24. The van der Waals surface area contributed by atoms with Crippen LogP contribution in [0.15, 0.2) is 29.2 Å². The number of carbonyl (C=O) groups is 2. The first kappa shape index (κ1) is 14.7. The van der Waals surface area contributed by atoms with E-state index < -0.39 is 23.1 Å². The number of rotatable bonds is 4. The fourth-order valence-electron chi connectivity index (χ4n) is 1.86. The van der Waals surface area contributed by atoms with E-state index in [1.807, 2.05) is 0 Å². The number of H-pyrrole nitrogens is 1. The molecule has 0 aliphatic carbocycles. The quantitative estimate of drug-likeness (QED) is 0.822. The second kappa shape index (κ2) is 6.17. The molecular formula is C14H13FN2O4. The number of halogens is 1. The van der Waals surface area contributed by atoms with Crippen LogP contribution in [0.4, 0.5) is 4.39 Å². The third-order valence-electron chi connectivity index (χ3n) is 2.95. The summed E-state index contributed by atoms with van der Waals surface area (Å²) in [4.78, 5) is 37.5. The molecule has 1 heterocycles. The number of carbonyl (C=O) groups excluding carboxylic acids is 2. The van der Waals surface area contributed by atoms with E-state index >= 15 is 0 Å². The average Bonchev–Trinajstić information content (AvgIpc) is 2.48. The summed E-state index contributed by atoms with van der Waals surface area (Å²) in [5.74, 6) is -1.67. The third kappa shape index (κ3) is 3.07. The molecule has 1 amide bonds. The van der Waals surface area contributed by atoms with E-state index in [0.29, 0.717) is 0 Å². The van der Waals surface area contributed by atoms with E-state index in [2.05, 4.69) is 15.0 Å². The van der Waals surface area contributed by atoms with E-state index in [-0.39, 0.29) is 29.4 Å². The Balaban J connectivity index is 2.23. The Bertz CT molecular complexity index is 754. The Kier molecular flexibility index (Phi) is 4.32. The number of methoxy groups -OCH3 is 1. The fourth-order valence-corrected chi connectivity index (χ4v) is 1.86. The van der Waals surface area contributed by atoms with E-state index in [1.165, 1.54) is 25.3 Å². The van der Waals surface area contributed by atoms with Crippen LogP contribution >= 0.6 is 0 Å². The molecule has 21 heavy (non-hydrogen) atoms. The van der Waals surface area contributed by atoms with Gasteiger partial charge in [-0.15, -0.1) is 0 Å². The molecule has 0 unspecified atom stereocenters. The van der Waals surface area contributed by atoms with Gasteiger partial charge in [-0.25, -0.2) is 4.39 Å². The number of hydrogen-bond acceptors (Lipinski definition) is 4. The van der Waals surface area contributed by atoms with Crippen LogP contribution in [0.2, 0.25) is 0 Å². The Morgan fingerprint density at radius 1 is 1.38 bits per heavy atom. The highest BCUT2D eigenvalue weighted by Gasteiger charge is 2.14. The zero-order valence-corrected chi connectivity index (χ0v) is 11.2. The van der Waals surface area contributed by atoms with Crippen molar-refractivity contribution < 1.29 is 18.7 Å². The summed E-state index contributed by atoms with van der Waals surface area (Å²) in [6.07, 6.45) is 1.16. The zero-order chi connectivity index (χ0) is 15.4. The standard InChI is InChI=1S/C14H13FN2O4/c1-21-11(18)5-6-16-14(20)9-7-17-12-8(13(9)19)3-2-4-10(12)15/h2-4,7H,5-6H2,1H3,(H,16,20)(H,17,19). The Hall–Kier alpha value is -2.70. The van der Waals surface area contributed by atoms with Gasteiger partial charge < -0.3 is 15.0 Å².